The zero-order valence-corrected chi connectivity index (χ0v) is 13.7. The Morgan fingerprint density at radius 1 is 1.22 bits per heavy atom. The van der Waals surface area contributed by atoms with Crippen LogP contribution in [0.2, 0.25) is 0 Å². The van der Waals surface area contributed by atoms with E-state index in [1.807, 2.05) is 12.1 Å². The first kappa shape index (κ1) is 16.1. The molecule has 0 bridgehead atoms. The van der Waals surface area contributed by atoms with Crippen LogP contribution in [-0.4, -0.2) is 36.3 Å². The van der Waals surface area contributed by atoms with Crippen molar-refractivity contribution >= 4 is 18.4 Å². The second kappa shape index (κ2) is 6.36. The maximum atomic E-state index is 12.5. The average Bonchev–Trinajstić information content (AvgIpc) is 2.53. The van der Waals surface area contributed by atoms with Crippen molar-refractivity contribution in [2.45, 2.75) is 39.2 Å². The van der Waals surface area contributed by atoms with Gasteiger partial charge in [0.2, 0.25) is 0 Å². The molecule has 0 aromatic heterocycles. The molecule has 0 N–H and O–H groups in total. The second-order valence-corrected chi connectivity index (χ2v) is 7.17. The molecular formula is C19H23NO3. The largest absolute Gasteiger partial charge is 0.299 e. The smallest absolute Gasteiger partial charge is 0.150 e. The van der Waals surface area contributed by atoms with Gasteiger partial charge in [0.1, 0.15) is 5.78 Å². The molecule has 3 rings (SSSR count). The van der Waals surface area contributed by atoms with Crippen molar-refractivity contribution in [3.8, 4) is 0 Å². The van der Waals surface area contributed by atoms with Gasteiger partial charge in [0.25, 0.3) is 0 Å². The molecule has 4 nitrogen and oxygen atoms in total. The summed E-state index contributed by atoms with van der Waals surface area (Å²) in [6.45, 7) is 6.04. The van der Waals surface area contributed by atoms with Crippen molar-refractivity contribution in [2.75, 3.05) is 13.1 Å². The molecule has 0 aliphatic carbocycles. The lowest BCUT2D eigenvalue weighted by atomic mass is 9.79. The van der Waals surface area contributed by atoms with Gasteiger partial charge >= 0.3 is 0 Å². The number of rotatable bonds is 4. The summed E-state index contributed by atoms with van der Waals surface area (Å²) in [4.78, 5) is 37.3. The molecule has 1 aromatic carbocycles. The fourth-order valence-corrected chi connectivity index (χ4v) is 4.02. The van der Waals surface area contributed by atoms with E-state index in [9.17, 15) is 14.4 Å². The first-order chi connectivity index (χ1) is 11.0. The minimum Gasteiger partial charge on any atom is -0.299 e. The summed E-state index contributed by atoms with van der Waals surface area (Å²) in [7, 11) is 0. The fourth-order valence-electron chi connectivity index (χ4n) is 4.02. The molecule has 0 unspecified atom stereocenters. The molecule has 1 aromatic rings. The third kappa shape index (κ3) is 3.00. The van der Waals surface area contributed by atoms with Crippen molar-refractivity contribution in [3.05, 3.63) is 34.4 Å². The number of carbonyl (C=O) groups is 3. The number of hydrogen-bond donors (Lipinski definition) is 0. The standard InChI is InChI=1S/C19H23NO3/c1-12(2)5-14-9-20-4-3-13-6-15(10-21)16(11-22)7-17(13)18(20)8-19(14)23/h6-7,10-12,14,18H,3-5,8-9H2,1-2H3/t14-,18-/m1/s1. The van der Waals surface area contributed by atoms with Gasteiger partial charge in [-0.2, -0.15) is 0 Å². The number of carbonyl (C=O) groups excluding carboxylic acids is 3. The number of benzene rings is 1. The maximum absolute atomic E-state index is 12.5. The summed E-state index contributed by atoms with van der Waals surface area (Å²) in [5.74, 6) is 0.988. The van der Waals surface area contributed by atoms with E-state index in [-0.39, 0.29) is 12.0 Å². The van der Waals surface area contributed by atoms with Gasteiger partial charge in [-0.3, -0.25) is 19.3 Å². The Labute approximate surface area is 136 Å². The van der Waals surface area contributed by atoms with Crippen LogP contribution in [0.25, 0.3) is 0 Å². The van der Waals surface area contributed by atoms with E-state index in [0.29, 0.717) is 29.2 Å². The number of Topliss-reactive ketones (excluding diaryl/α,β-unsaturated/α-hetero) is 1. The second-order valence-electron chi connectivity index (χ2n) is 7.17. The van der Waals surface area contributed by atoms with Gasteiger partial charge in [-0.15, -0.1) is 0 Å². The Hall–Kier alpha value is -1.81. The molecule has 2 aliphatic heterocycles. The lowest BCUT2D eigenvalue weighted by Gasteiger charge is -2.43. The van der Waals surface area contributed by atoms with Crippen LogP contribution in [0.5, 0.6) is 0 Å². The Balaban J connectivity index is 1.91. The van der Waals surface area contributed by atoms with Gasteiger partial charge in [-0.25, -0.2) is 0 Å². The van der Waals surface area contributed by atoms with Gasteiger partial charge in [0.15, 0.2) is 12.6 Å². The molecule has 23 heavy (non-hydrogen) atoms. The molecule has 4 heteroatoms. The predicted octanol–water partition coefficient (Wildman–Crippen LogP) is 2.85. The Morgan fingerprint density at radius 2 is 1.91 bits per heavy atom. The highest BCUT2D eigenvalue weighted by Gasteiger charge is 2.38. The zero-order chi connectivity index (χ0) is 16.6. The van der Waals surface area contributed by atoms with E-state index in [2.05, 4.69) is 18.7 Å². The summed E-state index contributed by atoms with van der Waals surface area (Å²) in [6.07, 6.45) is 3.80. The van der Waals surface area contributed by atoms with Crippen molar-refractivity contribution in [3.63, 3.8) is 0 Å². The van der Waals surface area contributed by atoms with Crippen LogP contribution in [0.1, 0.15) is 64.6 Å². The van der Waals surface area contributed by atoms with E-state index < -0.39 is 0 Å². The number of nitrogens with zero attached hydrogens (tertiary/aromatic N) is 1. The van der Waals surface area contributed by atoms with Crippen LogP contribution in [0.4, 0.5) is 0 Å². The SMILES string of the molecule is CC(C)C[C@@H]1CN2CCc3cc(C=O)c(C=O)cc3[C@H]2CC1=O. The summed E-state index contributed by atoms with van der Waals surface area (Å²) >= 11 is 0. The molecule has 0 amide bonds. The molecule has 2 aliphatic rings. The molecule has 2 atom stereocenters. The molecule has 122 valence electrons. The van der Waals surface area contributed by atoms with Gasteiger partial charge in [0, 0.05) is 42.6 Å². The van der Waals surface area contributed by atoms with Crippen LogP contribution < -0.4 is 0 Å². The zero-order valence-electron chi connectivity index (χ0n) is 13.7. The summed E-state index contributed by atoms with van der Waals surface area (Å²) in [5, 5.41) is 0. The highest BCUT2D eigenvalue weighted by Crippen LogP contribution is 2.39. The molecule has 1 fully saturated rings. The highest BCUT2D eigenvalue weighted by molar-refractivity contribution is 5.91. The van der Waals surface area contributed by atoms with E-state index in [0.717, 1.165) is 49.6 Å². The van der Waals surface area contributed by atoms with Crippen molar-refractivity contribution in [2.24, 2.45) is 11.8 Å². The first-order valence-electron chi connectivity index (χ1n) is 8.37. The van der Waals surface area contributed by atoms with E-state index in [4.69, 9.17) is 0 Å². The predicted molar refractivity (Wildman–Crippen MR) is 87.8 cm³/mol. The van der Waals surface area contributed by atoms with Gasteiger partial charge in [-0.05, 0) is 42.0 Å². The maximum Gasteiger partial charge on any atom is 0.150 e. The molecular weight excluding hydrogens is 290 g/mol. The molecule has 0 saturated carbocycles. The number of hydrogen-bond acceptors (Lipinski definition) is 4. The third-order valence-corrected chi connectivity index (χ3v) is 5.13. The lowest BCUT2D eigenvalue weighted by molar-refractivity contribution is -0.129. The van der Waals surface area contributed by atoms with Crippen LogP contribution in [0.3, 0.4) is 0 Å². The number of fused-ring (bicyclic) bond motifs is 3. The first-order valence-corrected chi connectivity index (χ1v) is 8.37. The van der Waals surface area contributed by atoms with Crippen LogP contribution in [0, 0.1) is 11.8 Å². The van der Waals surface area contributed by atoms with Crippen molar-refractivity contribution in [1.82, 2.24) is 4.90 Å². The topological polar surface area (TPSA) is 54.5 Å². The van der Waals surface area contributed by atoms with Gasteiger partial charge in [0.05, 0.1) is 0 Å². The van der Waals surface area contributed by atoms with E-state index in [1.165, 1.54) is 0 Å². The Kier molecular flexibility index (Phi) is 4.44. The Bertz CT molecular complexity index is 650. The minimum absolute atomic E-state index is 0.0639. The quantitative estimate of drug-likeness (QED) is 0.802. The van der Waals surface area contributed by atoms with Crippen molar-refractivity contribution < 1.29 is 14.4 Å². The highest BCUT2D eigenvalue weighted by atomic mass is 16.1. The van der Waals surface area contributed by atoms with Crippen molar-refractivity contribution in [1.29, 1.82) is 0 Å². The molecule has 0 spiro atoms. The monoisotopic (exact) mass is 313 g/mol. The summed E-state index contributed by atoms with van der Waals surface area (Å²) < 4.78 is 0. The van der Waals surface area contributed by atoms with Crippen LogP contribution >= 0.6 is 0 Å². The number of piperidine rings is 1. The minimum atomic E-state index is 0.0639. The molecule has 0 radical (unpaired) electrons. The molecule has 2 heterocycles. The summed E-state index contributed by atoms with van der Waals surface area (Å²) in [6, 6.07) is 3.71. The normalized spacial score (nSPS) is 24.2. The average molecular weight is 313 g/mol. The van der Waals surface area contributed by atoms with Crippen LogP contribution in [0.15, 0.2) is 12.1 Å². The Morgan fingerprint density at radius 3 is 2.57 bits per heavy atom. The summed E-state index contributed by atoms with van der Waals surface area (Å²) in [5.41, 5.74) is 3.04. The van der Waals surface area contributed by atoms with E-state index in [1.54, 1.807) is 0 Å². The third-order valence-electron chi connectivity index (χ3n) is 5.13. The van der Waals surface area contributed by atoms with Gasteiger partial charge in [-0.1, -0.05) is 13.8 Å². The number of ketones is 1. The van der Waals surface area contributed by atoms with E-state index >= 15 is 0 Å². The van der Waals surface area contributed by atoms with Crippen LogP contribution in [-0.2, 0) is 11.2 Å². The van der Waals surface area contributed by atoms with Gasteiger partial charge < -0.3 is 0 Å². The fraction of sp³-hybridized carbons (Fsp3) is 0.526. The molecule has 1 saturated heterocycles. The lowest BCUT2D eigenvalue weighted by Crippen LogP contribution is -2.46. The number of aldehydes is 2.